The van der Waals surface area contributed by atoms with Gasteiger partial charge in [-0.1, -0.05) is 12.1 Å². The lowest BCUT2D eigenvalue weighted by molar-refractivity contribution is 0.0664. The molecule has 0 atom stereocenters. The Morgan fingerprint density at radius 2 is 1.56 bits per heavy atom. The molecule has 0 bridgehead atoms. The number of piperidine rings is 1. The van der Waals surface area contributed by atoms with Gasteiger partial charge in [-0.3, -0.25) is 4.79 Å². The van der Waals surface area contributed by atoms with Crippen molar-refractivity contribution in [2.45, 2.75) is 12.8 Å². The summed E-state index contributed by atoms with van der Waals surface area (Å²) in [5.41, 5.74) is 2.48. The number of rotatable bonds is 5. The van der Waals surface area contributed by atoms with Gasteiger partial charge < -0.3 is 24.5 Å². The number of piperazine rings is 1. The third-order valence-electron chi connectivity index (χ3n) is 6.22. The van der Waals surface area contributed by atoms with E-state index in [9.17, 15) is 9.59 Å². The second kappa shape index (κ2) is 9.95. The van der Waals surface area contributed by atoms with Crippen LogP contribution >= 0.6 is 0 Å². The lowest BCUT2D eigenvalue weighted by atomic mass is 9.98. The number of carbonyl (C=O) groups excluding carboxylic acids is 1. The van der Waals surface area contributed by atoms with Crippen LogP contribution in [-0.2, 0) is 0 Å². The Hall–Kier alpha value is -3.20. The van der Waals surface area contributed by atoms with Crippen molar-refractivity contribution in [1.82, 2.24) is 24.7 Å². The molecule has 2 amide bonds. The third kappa shape index (κ3) is 5.34. The first-order valence-corrected chi connectivity index (χ1v) is 11.0. The quantitative estimate of drug-likeness (QED) is 0.763. The Morgan fingerprint density at radius 1 is 0.938 bits per heavy atom. The van der Waals surface area contributed by atoms with E-state index in [4.69, 9.17) is 9.84 Å². The van der Waals surface area contributed by atoms with E-state index < -0.39 is 6.09 Å². The monoisotopic (exact) mass is 439 g/mol. The fourth-order valence-electron chi connectivity index (χ4n) is 4.02. The molecule has 4 rings (SSSR count). The first kappa shape index (κ1) is 22.0. The number of benzene rings is 1. The molecule has 32 heavy (non-hydrogen) atoms. The summed E-state index contributed by atoms with van der Waals surface area (Å²) in [5, 5.41) is 9.02. The molecule has 0 unspecified atom stereocenters. The van der Waals surface area contributed by atoms with Gasteiger partial charge in [0.05, 0.1) is 6.61 Å². The van der Waals surface area contributed by atoms with Crippen molar-refractivity contribution in [2.24, 2.45) is 5.92 Å². The molecule has 0 aliphatic carbocycles. The minimum absolute atomic E-state index is 0.0684. The maximum absolute atomic E-state index is 12.7. The van der Waals surface area contributed by atoms with Crippen LogP contribution in [0.5, 0.6) is 6.01 Å². The van der Waals surface area contributed by atoms with E-state index >= 15 is 0 Å². The zero-order valence-electron chi connectivity index (χ0n) is 18.3. The highest BCUT2D eigenvalue weighted by molar-refractivity contribution is 5.94. The summed E-state index contributed by atoms with van der Waals surface area (Å²) in [6, 6.07) is 7.85. The van der Waals surface area contributed by atoms with Crippen molar-refractivity contribution in [2.75, 3.05) is 52.9 Å². The number of amides is 2. The Morgan fingerprint density at radius 3 is 2.16 bits per heavy atom. The number of likely N-dealkylation sites (tertiary alicyclic amines) is 1. The van der Waals surface area contributed by atoms with Crippen LogP contribution < -0.4 is 4.74 Å². The van der Waals surface area contributed by atoms with E-state index in [0.29, 0.717) is 37.2 Å². The predicted molar refractivity (Wildman–Crippen MR) is 119 cm³/mol. The smallest absolute Gasteiger partial charge is 0.407 e. The molecule has 3 heterocycles. The normalized spacial score (nSPS) is 17.9. The van der Waals surface area contributed by atoms with Crippen LogP contribution in [0.15, 0.2) is 36.7 Å². The van der Waals surface area contributed by atoms with Crippen LogP contribution in [0.25, 0.3) is 11.1 Å². The number of nitrogens with zero attached hydrogens (tertiary/aromatic N) is 5. The fourth-order valence-corrected chi connectivity index (χ4v) is 4.02. The zero-order valence-corrected chi connectivity index (χ0v) is 18.3. The molecular weight excluding hydrogens is 410 g/mol. The van der Waals surface area contributed by atoms with E-state index in [1.165, 1.54) is 4.90 Å². The third-order valence-corrected chi connectivity index (χ3v) is 6.22. The average molecular weight is 440 g/mol. The molecule has 1 aromatic heterocycles. The second-order valence-electron chi connectivity index (χ2n) is 8.45. The minimum Gasteiger partial charge on any atom is -0.465 e. The van der Waals surface area contributed by atoms with Crippen molar-refractivity contribution < 1.29 is 19.4 Å². The zero-order chi connectivity index (χ0) is 22.5. The number of aromatic nitrogens is 2. The number of carbonyl (C=O) groups is 2. The van der Waals surface area contributed by atoms with Gasteiger partial charge in [0, 0.05) is 62.8 Å². The maximum Gasteiger partial charge on any atom is 0.407 e. The molecule has 9 heteroatoms. The summed E-state index contributed by atoms with van der Waals surface area (Å²) >= 11 is 0. The lowest BCUT2D eigenvalue weighted by Crippen LogP contribution is -2.47. The molecule has 170 valence electrons. The summed E-state index contributed by atoms with van der Waals surface area (Å²) < 4.78 is 5.72. The molecule has 2 aliphatic rings. The highest BCUT2D eigenvalue weighted by Gasteiger charge is 2.23. The standard InChI is InChI=1S/C23H29N5O4/c1-26-10-12-27(13-11-26)21(29)19-4-2-18(3-5-19)20-14-24-22(25-15-20)32-16-17-6-8-28(9-7-17)23(30)31/h2-5,14-15,17H,6-13,16H2,1H3,(H,30,31). The lowest BCUT2D eigenvalue weighted by Gasteiger charge is -2.32. The molecule has 2 fully saturated rings. The molecule has 2 aromatic rings. The fraction of sp³-hybridized carbons (Fsp3) is 0.478. The SMILES string of the molecule is CN1CCN(C(=O)c2ccc(-c3cnc(OCC4CCN(C(=O)O)CC4)nc3)cc2)CC1. The molecule has 2 saturated heterocycles. The first-order chi connectivity index (χ1) is 15.5. The van der Waals surface area contributed by atoms with Crippen LogP contribution in [0.1, 0.15) is 23.2 Å². The van der Waals surface area contributed by atoms with Gasteiger partial charge in [-0.25, -0.2) is 14.8 Å². The van der Waals surface area contributed by atoms with Crippen molar-refractivity contribution in [3.8, 4) is 17.1 Å². The van der Waals surface area contributed by atoms with Crippen LogP contribution in [-0.4, -0.2) is 94.7 Å². The summed E-state index contributed by atoms with van der Waals surface area (Å²) in [6.45, 7) is 4.87. The number of hydrogen-bond acceptors (Lipinski definition) is 6. The topological polar surface area (TPSA) is 99.1 Å². The van der Waals surface area contributed by atoms with Crippen molar-refractivity contribution >= 4 is 12.0 Å². The summed E-state index contributed by atoms with van der Waals surface area (Å²) in [4.78, 5) is 37.8. The largest absolute Gasteiger partial charge is 0.465 e. The molecule has 9 nitrogen and oxygen atoms in total. The van der Waals surface area contributed by atoms with Gasteiger partial charge in [-0.15, -0.1) is 0 Å². The first-order valence-electron chi connectivity index (χ1n) is 11.0. The molecule has 1 N–H and O–H groups in total. The van der Waals surface area contributed by atoms with Crippen molar-refractivity contribution in [3.05, 3.63) is 42.2 Å². The Bertz CT molecular complexity index is 918. The number of likely N-dealkylation sites (N-methyl/N-ethyl adjacent to an activating group) is 1. The van der Waals surface area contributed by atoms with Crippen LogP contribution in [0.3, 0.4) is 0 Å². The van der Waals surface area contributed by atoms with E-state index in [0.717, 1.165) is 50.1 Å². The molecular formula is C23H29N5O4. The minimum atomic E-state index is -0.861. The Balaban J connectivity index is 1.29. The van der Waals surface area contributed by atoms with Gasteiger partial charge >= 0.3 is 12.1 Å². The maximum atomic E-state index is 12.7. The van der Waals surface area contributed by atoms with Crippen molar-refractivity contribution in [3.63, 3.8) is 0 Å². The molecule has 0 saturated carbocycles. The Labute approximate surface area is 187 Å². The van der Waals surface area contributed by atoms with Crippen molar-refractivity contribution in [1.29, 1.82) is 0 Å². The highest BCUT2D eigenvalue weighted by atomic mass is 16.5. The molecule has 2 aliphatic heterocycles. The number of hydrogen-bond donors (Lipinski definition) is 1. The average Bonchev–Trinajstić information content (AvgIpc) is 2.83. The van der Waals surface area contributed by atoms with E-state index in [1.807, 2.05) is 29.2 Å². The van der Waals surface area contributed by atoms with Gasteiger partial charge in [-0.05, 0) is 43.5 Å². The summed E-state index contributed by atoms with van der Waals surface area (Å²) in [6.07, 6.45) is 4.13. The van der Waals surface area contributed by atoms with Crippen LogP contribution in [0, 0.1) is 5.92 Å². The van der Waals surface area contributed by atoms with E-state index in [1.54, 1.807) is 12.4 Å². The number of ether oxygens (including phenoxy) is 1. The predicted octanol–water partition coefficient (Wildman–Crippen LogP) is 2.30. The van der Waals surface area contributed by atoms with E-state index in [-0.39, 0.29) is 5.91 Å². The van der Waals surface area contributed by atoms with Gasteiger partial charge in [0.1, 0.15) is 0 Å². The van der Waals surface area contributed by atoms with Gasteiger partial charge in [0.2, 0.25) is 0 Å². The van der Waals surface area contributed by atoms with E-state index in [2.05, 4.69) is 21.9 Å². The number of carboxylic acid groups (broad SMARTS) is 1. The molecule has 0 spiro atoms. The Kier molecular flexibility index (Phi) is 6.84. The summed E-state index contributed by atoms with van der Waals surface area (Å²) in [5.74, 6) is 0.373. The molecule has 0 radical (unpaired) electrons. The van der Waals surface area contributed by atoms with Gasteiger partial charge in [0.25, 0.3) is 5.91 Å². The van der Waals surface area contributed by atoms with Gasteiger partial charge in [-0.2, -0.15) is 0 Å². The highest BCUT2D eigenvalue weighted by Crippen LogP contribution is 2.21. The second-order valence-corrected chi connectivity index (χ2v) is 8.45. The summed E-state index contributed by atoms with van der Waals surface area (Å²) in [7, 11) is 2.07. The van der Waals surface area contributed by atoms with Crippen LogP contribution in [0.4, 0.5) is 4.79 Å². The van der Waals surface area contributed by atoms with Crippen LogP contribution in [0.2, 0.25) is 0 Å². The molecule has 1 aromatic carbocycles. The van der Waals surface area contributed by atoms with Gasteiger partial charge in [0.15, 0.2) is 0 Å².